The Hall–Kier alpha value is -2.54. The highest BCUT2D eigenvalue weighted by atomic mass is 19.1. The van der Waals surface area contributed by atoms with Crippen molar-refractivity contribution in [3.8, 4) is 17.2 Å². The normalized spacial score (nSPS) is 9.65. The molecule has 0 aliphatic heterocycles. The molecule has 1 heterocycles. The number of rotatable bonds is 2. The molecule has 0 spiro atoms. The lowest BCUT2D eigenvalue weighted by Gasteiger charge is -2.04. The van der Waals surface area contributed by atoms with Crippen LogP contribution >= 0.6 is 0 Å². The van der Waals surface area contributed by atoms with Crippen LogP contribution < -0.4 is 0 Å². The van der Waals surface area contributed by atoms with Crippen LogP contribution in [0.3, 0.4) is 0 Å². The maximum absolute atomic E-state index is 13.0. The van der Waals surface area contributed by atoms with Gasteiger partial charge in [-0.1, -0.05) is 6.07 Å². The van der Waals surface area contributed by atoms with E-state index in [-0.39, 0.29) is 5.56 Å². The SMILES string of the molecule is N#Cc1cncc(-c2ccc(F)cc2C=O)c1. The third kappa shape index (κ3) is 2.18. The fraction of sp³-hybridized carbons (Fsp3) is 0. The molecular formula is C13H7FN2O. The van der Waals surface area contributed by atoms with Crippen LogP contribution in [0.2, 0.25) is 0 Å². The van der Waals surface area contributed by atoms with Crippen molar-refractivity contribution in [1.82, 2.24) is 4.98 Å². The summed E-state index contributed by atoms with van der Waals surface area (Å²) in [6.45, 7) is 0. The molecule has 3 nitrogen and oxygen atoms in total. The van der Waals surface area contributed by atoms with Crippen LogP contribution in [0.1, 0.15) is 15.9 Å². The second kappa shape index (κ2) is 4.54. The molecule has 0 amide bonds. The largest absolute Gasteiger partial charge is 0.298 e. The predicted molar refractivity (Wildman–Crippen MR) is 59.7 cm³/mol. The van der Waals surface area contributed by atoms with Gasteiger partial charge in [0.1, 0.15) is 11.9 Å². The lowest BCUT2D eigenvalue weighted by atomic mass is 10.0. The van der Waals surface area contributed by atoms with Gasteiger partial charge in [-0.2, -0.15) is 5.26 Å². The van der Waals surface area contributed by atoms with E-state index in [1.54, 1.807) is 6.07 Å². The van der Waals surface area contributed by atoms with Gasteiger partial charge in [-0.15, -0.1) is 0 Å². The Balaban J connectivity index is 2.60. The van der Waals surface area contributed by atoms with E-state index in [0.717, 1.165) is 6.07 Å². The van der Waals surface area contributed by atoms with Crippen molar-refractivity contribution >= 4 is 6.29 Å². The van der Waals surface area contributed by atoms with E-state index in [2.05, 4.69) is 4.98 Å². The van der Waals surface area contributed by atoms with Gasteiger partial charge in [-0.3, -0.25) is 9.78 Å². The first-order valence-electron chi connectivity index (χ1n) is 4.85. The maximum atomic E-state index is 13.0. The number of nitriles is 1. The van der Waals surface area contributed by atoms with Gasteiger partial charge in [0.25, 0.3) is 0 Å². The van der Waals surface area contributed by atoms with Crippen molar-refractivity contribution < 1.29 is 9.18 Å². The number of halogens is 1. The number of carbonyl (C=O) groups is 1. The lowest BCUT2D eigenvalue weighted by Crippen LogP contribution is -1.91. The fourth-order valence-corrected chi connectivity index (χ4v) is 1.54. The average molecular weight is 226 g/mol. The first-order valence-corrected chi connectivity index (χ1v) is 4.85. The summed E-state index contributed by atoms with van der Waals surface area (Å²) < 4.78 is 13.0. The van der Waals surface area contributed by atoms with E-state index >= 15 is 0 Å². The quantitative estimate of drug-likeness (QED) is 0.739. The summed E-state index contributed by atoms with van der Waals surface area (Å²) in [7, 11) is 0. The molecule has 1 aromatic heterocycles. The number of hydrogen-bond acceptors (Lipinski definition) is 3. The van der Waals surface area contributed by atoms with Gasteiger partial charge < -0.3 is 0 Å². The summed E-state index contributed by atoms with van der Waals surface area (Å²) in [5, 5.41) is 8.76. The standard InChI is InChI=1S/C13H7FN2O/c14-12-1-2-13(11(4-12)8-17)10-3-9(5-15)6-16-7-10/h1-4,6-8H. The molecule has 0 saturated carbocycles. The van der Waals surface area contributed by atoms with Crippen molar-refractivity contribution in [1.29, 1.82) is 5.26 Å². The molecule has 0 bridgehead atoms. The molecule has 82 valence electrons. The maximum Gasteiger partial charge on any atom is 0.150 e. The molecule has 0 fully saturated rings. The first-order chi connectivity index (χ1) is 8.24. The van der Waals surface area contributed by atoms with Crippen molar-refractivity contribution in [2.75, 3.05) is 0 Å². The van der Waals surface area contributed by atoms with Crippen LogP contribution in [0.4, 0.5) is 4.39 Å². The second-order valence-corrected chi connectivity index (χ2v) is 3.42. The minimum atomic E-state index is -0.472. The summed E-state index contributed by atoms with van der Waals surface area (Å²) in [6, 6.07) is 7.48. The summed E-state index contributed by atoms with van der Waals surface area (Å²) in [5.74, 6) is -0.472. The van der Waals surface area contributed by atoms with Crippen LogP contribution in [0, 0.1) is 17.1 Å². The van der Waals surface area contributed by atoms with Gasteiger partial charge >= 0.3 is 0 Å². The van der Waals surface area contributed by atoms with Gasteiger partial charge in [0.15, 0.2) is 6.29 Å². The summed E-state index contributed by atoms with van der Waals surface area (Å²) in [4.78, 5) is 14.8. The number of aromatic nitrogens is 1. The van der Waals surface area contributed by atoms with Crippen molar-refractivity contribution in [2.45, 2.75) is 0 Å². The highest BCUT2D eigenvalue weighted by Gasteiger charge is 2.07. The van der Waals surface area contributed by atoms with E-state index < -0.39 is 5.82 Å². The molecule has 0 N–H and O–H groups in total. The van der Waals surface area contributed by atoms with Gasteiger partial charge in [0, 0.05) is 23.5 Å². The zero-order chi connectivity index (χ0) is 12.3. The van der Waals surface area contributed by atoms with E-state index in [9.17, 15) is 9.18 Å². The smallest absolute Gasteiger partial charge is 0.150 e. The molecule has 4 heteroatoms. The second-order valence-electron chi connectivity index (χ2n) is 3.42. The zero-order valence-corrected chi connectivity index (χ0v) is 8.72. The topological polar surface area (TPSA) is 53.8 Å². The van der Waals surface area contributed by atoms with Gasteiger partial charge in [0.05, 0.1) is 5.56 Å². The van der Waals surface area contributed by atoms with E-state index in [1.165, 1.54) is 24.5 Å². The monoisotopic (exact) mass is 226 g/mol. The minimum absolute atomic E-state index is 0.238. The van der Waals surface area contributed by atoms with Crippen LogP contribution in [-0.2, 0) is 0 Å². The first kappa shape index (κ1) is 11.0. The van der Waals surface area contributed by atoms with Crippen LogP contribution in [0.25, 0.3) is 11.1 Å². The van der Waals surface area contributed by atoms with Gasteiger partial charge in [-0.05, 0) is 23.8 Å². The Bertz CT molecular complexity index is 617. The van der Waals surface area contributed by atoms with Crippen molar-refractivity contribution in [3.05, 3.63) is 53.6 Å². The van der Waals surface area contributed by atoms with Crippen LogP contribution in [-0.4, -0.2) is 11.3 Å². The third-order valence-electron chi connectivity index (χ3n) is 2.32. The molecule has 2 rings (SSSR count). The van der Waals surface area contributed by atoms with Crippen LogP contribution in [0.15, 0.2) is 36.7 Å². The number of hydrogen-bond donors (Lipinski definition) is 0. The molecule has 2 aromatic rings. The molecule has 1 aromatic carbocycles. The molecule has 17 heavy (non-hydrogen) atoms. The highest BCUT2D eigenvalue weighted by molar-refractivity contribution is 5.87. The Kier molecular flexibility index (Phi) is 2.93. The summed E-state index contributed by atoms with van der Waals surface area (Å²) >= 11 is 0. The number of carbonyl (C=O) groups excluding carboxylic acids is 1. The van der Waals surface area contributed by atoms with E-state index in [1.807, 2.05) is 6.07 Å². The van der Waals surface area contributed by atoms with Crippen molar-refractivity contribution in [2.24, 2.45) is 0 Å². The number of nitrogens with zero attached hydrogens (tertiary/aromatic N) is 2. The third-order valence-corrected chi connectivity index (χ3v) is 2.32. The van der Waals surface area contributed by atoms with Gasteiger partial charge in [0.2, 0.25) is 0 Å². The molecular weight excluding hydrogens is 219 g/mol. The number of pyridine rings is 1. The molecule has 0 radical (unpaired) electrons. The predicted octanol–water partition coefficient (Wildman–Crippen LogP) is 2.57. The van der Waals surface area contributed by atoms with Gasteiger partial charge in [-0.25, -0.2) is 4.39 Å². The summed E-state index contributed by atoms with van der Waals surface area (Å²) in [6.07, 6.45) is 3.53. The Morgan fingerprint density at radius 1 is 1.29 bits per heavy atom. The Morgan fingerprint density at radius 2 is 2.12 bits per heavy atom. The Labute approximate surface area is 97.2 Å². The summed E-state index contributed by atoms with van der Waals surface area (Å²) in [5.41, 5.74) is 1.81. The van der Waals surface area contributed by atoms with Crippen molar-refractivity contribution in [3.63, 3.8) is 0 Å². The zero-order valence-electron chi connectivity index (χ0n) is 8.72. The fourth-order valence-electron chi connectivity index (χ4n) is 1.54. The number of aldehydes is 1. The van der Waals surface area contributed by atoms with Crippen LogP contribution in [0.5, 0.6) is 0 Å². The average Bonchev–Trinajstić information content (AvgIpc) is 2.38. The molecule has 0 unspecified atom stereocenters. The number of benzene rings is 1. The molecule has 0 aliphatic carbocycles. The van der Waals surface area contributed by atoms with E-state index in [4.69, 9.17) is 5.26 Å². The molecule has 0 aliphatic rings. The minimum Gasteiger partial charge on any atom is -0.298 e. The lowest BCUT2D eigenvalue weighted by molar-refractivity contribution is 0.112. The Morgan fingerprint density at radius 3 is 2.82 bits per heavy atom. The molecule has 0 atom stereocenters. The molecule has 0 saturated heterocycles. The van der Waals surface area contributed by atoms with E-state index in [0.29, 0.717) is 23.0 Å². The highest BCUT2D eigenvalue weighted by Crippen LogP contribution is 2.23.